The monoisotopic (exact) mass is 335 g/mol. The first-order valence-corrected chi connectivity index (χ1v) is 7.94. The zero-order chi connectivity index (χ0) is 17.6. The minimum absolute atomic E-state index is 0.173. The number of fused-ring (bicyclic) bond motifs is 1. The van der Waals surface area contributed by atoms with E-state index in [9.17, 15) is 9.59 Å². The summed E-state index contributed by atoms with van der Waals surface area (Å²) >= 11 is 0. The van der Waals surface area contributed by atoms with Gasteiger partial charge in [0.15, 0.2) is 5.69 Å². The van der Waals surface area contributed by atoms with Crippen molar-refractivity contribution in [2.45, 2.75) is 19.9 Å². The molecule has 3 aromatic rings. The lowest BCUT2D eigenvalue weighted by Gasteiger charge is -2.09. The zero-order valence-corrected chi connectivity index (χ0v) is 13.7. The van der Waals surface area contributed by atoms with Crippen molar-refractivity contribution in [3.63, 3.8) is 0 Å². The second kappa shape index (κ2) is 7.48. The molecule has 2 heterocycles. The fourth-order valence-electron chi connectivity index (χ4n) is 2.44. The van der Waals surface area contributed by atoms with Gasteiger partial charge in [-0.2, -0.15) is 10.2 Å². The Morgan fingerprint density at radius 3 is 2.76 bits per heavy atom. The molecule has 0 aliphatic carbocycles. The van der Waals surface area contributed by atoms with Crippen molar-refractivity contribution in [3.8, 4) is 0 Å². The summed E-state index contributed by atoms with van der Waals surface area (Å²) in [5.74, 6) is -0.471. The van der Waals surface area contributed by atoms with Crippen LogP contribution >= 0.6 is 0 Å². The lowest BCUT2D eigenvalue weighted by molar-refractivity contribution is 0.0949. The number of benzene rings is 1. The smallest absolute Gasteiger partial charge is 0.267 e. The largest absolute Gasteiger partial charge is 0.292 e. The zero-order valence-electron chi connectivity index (χ0n) is 13.7. The van der Waals surface area contributed by atoms with E-state index in [-0.39, 0.29) is 11.3 Å². The van der Waals surface area contributed by atoms with Crippen molar-refractivity contribution >= 4 is 22.9 Å². The van der Waals surface area contributed by atoms with Crippen LogP contribution in [0.5, 0.6) is 0 Å². The van der Waals surface area contributed by atoms with Crippen LogP contribution in [-0.2, 0) is 6.54 Å². The van der Waals surface area contributed by atoms with Crippen LogP contribution in [0.25, 0.3) is 10.8 Å². The second-order valence-electron chi connectivity index (χ2n) is 5.41. The van der Waals surface area contributed by atoms with Crippen molar-refractivity contribution < 1.29 is 4.79 Å². The van der Waals surface area contributed by atoms with Crippen molar-refractivity contribution in [1.29, 1.82) is 0 Å². The molecule has 0 unspecified atom stereocenters. The molecule has 7 nitrogen and oxygen atoms in total. The Balaban J connectivity index is 1.94. The van der Waals surface area contributed by atoms with Gasteiger partial charge in [0.2, 0.25) is 0 Å². The number of carbonyl (C=O) groups is 1. The molecule has 0 bridgehead atoms. The molecule has 1 aromatic carbocycles. The van der Waals surface area contributed by atoms with Gasteiger partial charge in [0.05, 0.1) is 11.6 Å². The van der Waals surface area contributed by atoms with Gasteiger partial charge in [-0.25, -0.2) is 10.1 Å². The number of pyridine rings is 1. The quantitative estimate of drug-likeness (QED) is 0.570. The van der Waals surface area contributed by atoms with E-state index in [1.165, 1.54) is 10.9 Å². The van der Waals surface area contributed by atoms with Crippen LogP contribution in [0.3, 0.4) is 0 Å². The van der Waals surface area contributed by atoms with E-state index < -0.39 is 5.91 Å². The third kappa shape index (κ3) is 3.60. The van der Waals surface area contributed by atoms with Gasteiger partial charge in [0.25, 0.3) is 11.5 Å². The predicted molar refractivity (Wildman–Crippen MR) is 95.6 cm³/mol. The molecule has 3 rings (SSSR count). The topological polar surface area (TPSA) is 89.2 Å². The van der Waals surface area contributed by atoms with Gasteiger partial charge in [0, 0.05) is 29.9 Å². The summed E-state index contributed by atoms with van der Waals surface area (Å²) in [6.07, 6.45) is 5.52. The van der Waals surface area contributed by atoms with E-state index in [0.29, 0.717) is 17.3 Å². The summed E-state index contributed by atoms with van der Waals surface area (Å²) in [4.78, 5) is 28.9. The summed E-state index contributed by atoms with van der Waals surface area (Å²) in [6.45, 7) is 2.39. The molecule has 2 aromatic heterocycles. The number of nitrogens with zero attached hydrogens (tertiary/aromatic N) is 4. The average Bonchev–Trinajstić information content (AvgIpc) is 2.65. The molecule has 0 fully saturated rings. The minimum Gasteiger partial charge on any atom is -0.267 e. The Labute approximate surface area is 144 Å². The molecule has 25 heavy (non-hydrogen) atoms. The summed E-state index contributed by atoms with van der Waals surface area (Å²) in [6, 6.07) is 10.5. The van der Waals surface area contributed by atoms with Crippen LogP contribution in [0.1, 0.15) is 29.4 Å². The van der Waals surface area contributed by atoms with Crippen LogP contribution in [0.4, 0.5) is 0 Å². The molecule has 1 N–H and O–H groups in total. The number of carbonyl (C=O) groups excluding carboxylic acids is 1. The molecule has 1 amide bonds. The molecule has 0 aliphatic rings. The molecular weight excluding hydrogens is 318 g/mol. The van der Waals surface area contributed by atoms with Gasteiger partial charge < -0.3 is 0 Å². The van der Waals surface area contributed by atoms with Crippen LogP contribution < -0.4 is 11.0 Å². The van der Waals surface area contributed by atoms with Gasteiger partial charge >= 0.3 is 0 Å². The Morgan fingerprint density at radius 2 is 2.04 bits per heavy atom. The normalized spacial score (nSPS) is 11.1. The number of amides is 1. The van der Waals surface area contributed by atoms with E-state index in [4.69, 9.17) is 0 Å². The predicted octanol–water partition coefficient (Wildman–Crippen LogP) is 1.97. The molecule has 0 aliphatic heterocycles. The molecule has 0 atom stereocenters. The summed E-state index contributed by atoms with van der Waals surface area (Å²) < 4.78 is 1.32. The van der Waals surface area contributed by atoms with Crippen LogP contribution in [-0.4, -0.2) is 26.9 Å². The van der Waals surface area contributed by atoms with E-state index in [0.717, 1.165) is 12.0 Å². The van der Waals surface area contributed by atoms with Crippen molar-refractivity contribution in [2.75, 3.05) is 0 Å². The fraction of sp³-hybridized carbons (Fsp3) is 0.167. The first-order valence-electron chi connectivity index (χ1n) is 7.94. The standard InChI is InChI=1S/C18H17N5O2/c1-2-10-23-18(25)15-8-4-3-7-14(15)16(22-23)17(24)21-20-12-13-6-5-9-19-11-13/h3-9,11-12H,2,10H2,1H3,(H,21,24)/b20-12-. The fourth-order valence-corrected chi connectivity index (χ4v) is 2.44. The van der Waals surface area contributed by atoms with Gasteiger partial charge in [-0.15, -0.1) is 0 Å². The minimum atomic E-state index is -0.471. The SMILES string of the molecule is CCCn1nc(C(=O)N/N=C\c2cccnc2)c2ccccc2c1=O. The van der Waals surface area contributed by atoms with Crippen molar-refractivity contribution in [3.05, 3.63) is 70.4 Å². The second-order valence-corrected chi connectivity index (χ2v) is 5.41. The Morgan fingerprint density at radius 1 is 1.24 bits per heavy atom. The first-order chi connectivity index (χ1) is 12.2. The number of hydrogen-bond donors (Lipinski definition) is 1. The number of hydrazone groups is 1. The number of aryl methyl sites for hydroxylation is 1. The maximum absolute atomic E-state index is 12.5. The summed E-state index contributed by atoms with van der Waals surface area (Å²) in [7, 11) is 0. The highest BCUT2D eigenvalue weighted by atomic mass is 16.2. The third-order valence-corrected chi connectivity index (χ3v) is 3.58. The maximum Gasteiger partial charge on any atom is 0.292 e. The Bertz CT molecular complexity index is 980. The van der Waals surface area contributed by atoms with E-state index in [1.807, 2.05) is 13.0 Å². The highest BCUT2D eigenvalue weighted by Crippen LogP contribution is 2.13. The number of hydrogen-bond acceptors (Lipinski definition) is 5. The molecule has 0 saturated heterocycles. The molecule has 126 valence electrons. The van der Waals surface area contributed by atoms with Crippen LogP contribution in [0.15, 0.2) is 58.7 Å². The van der Waals surface area contributed by atoms with Crippen LogP contribution in [0, 0.1) is 0 Å². The molecule has 0 spiro atoms. The molecule has 0 radical (unpaired) electrons. The Hall–Kier alpha value is -3.35. The summed E-state index contributed by atoms with van der Waals surface area (Å²) in [5.41, 5.74) is 3.19. The van der Waals surface area contributed by atoms with Gasteiger partial charge in [-0.1, -0.05) is 31.2 Å². The van der Waals surface area contributed by atoms with Gasteiger partial charge in [-0.05, 0) is 18.6 Å². The van der Waals surface area contributed by atoms with E-state index in [1.54, 1.807) is 42.7 Å². The van der Waals surface area contributed by atoms with Crippen LogP contribution in [0.2, 0.25) is 0 Å². The first kappa shape index (κ1) is 16.5. The molecular formula is C18H17N5O2. The lowest BCUT2D eigenvalue weighted by atomic mass is 10.1. The van der Waals surface area contributed by atoms with E-state index in [2.05, 4.69) is 20.6 Å². The number of rotatable bonds is 5. The number of aromatic nitrogens is 3. The highest BCUT2D eigenvalue weighted by molar-refractivity contribution is 6.04. The van der Waals surface area contributed by atoms with Gasteiger partial charge in [0.1, 0.15) is 0 Å². The highest BCUT2D eigenvalue weighted by Gasteiger charge is 2.15. The number of nitrogens with one attached hydrogen (secondary N) is 1. The molecule has 7 heteroatoms. The Kier molecular flexibility index (Phi) is 4.94. The van der Waals surface area contributed by atoms with Crippen molar-refractivity contribution in [2.24, 2.45) is 5.10 Å². The summed E-state index contributed by atoms with van der Waals surface area (Å²) in [5, 5.41) is 9.13. The maximum atomic E-state index is 12.5. The average molecular weight is 335 g/mol. The van der Waals surface area contributed by atoms with Crippen molar-refractivity contribution in [1.82, 2.24) is 20.2 Å². The lowest BCUT2D eigenvalue weighted by Crippen LogP contribution is -2.29. The van der Waals surface area contributed by atoms with Gasteiger partial charge in [-0.3, -0.25) is 14.6 Å². The van der Waals surface area contributed by atoms with E-state index >= 15 is 0 Å². The third-order valence-electron chi connectivity index (χ3n) is 3.58. The molecule has 0 saturated carbocycles.